The smallest absolute Gasteiger partial charge is 0.325 e. The number of hydrogen-bond donors (Lipinski definition) is 1. The van der Waals surface area contributed by atoms with E-state index >= 15 is 0 Å². The van der Waals surface area contributed by atoms with E-state index in [4.69, 9.17) is 4.42 Å². The highest BCUT2D eigenvalue weighted by atomic mass is 19.2. The number of rotatable bonds is 5. The van der Waals surface area contributed by atoms with E-state index in [-0.39, 0.29) is 24.7 Å². The molecule has 1 fully saturated rings. The lowest BCUT2D eigenvalue weighted by Gasteiger charge is -2.18. The van der Waals surface area contributed by atoms with Gasteiger partial charge in [-0.1, -0.05) is 0 Å². The fourth-order valence-corrected chi connectivity index (χ4v) is 2.45. The largest absolute Gasteiger partial charge is 0.467 e. The van der Waals surface area contributed by atoms with Gasteiger partial charge in [-0.25, -0.2) is 13.6 Å². The van der Waals surface area contributed by atoms with Gasteiger partial charge >= 0.3 is 6.03 Å². The van der Waals surface area contributed by atoms with Gasteiger partial charge in [0.1, 0.15) is 12.3 Å². The van der Waals surface area contributed by atoms with Crippen LogP contribution in [0.4, 0.5) is 19.3 Å². The number of hydrogen-bond acceptors (Lipinski definition) is 3. The zero-order valence-corrected chi connectivity index (χ0v) is 12.7. The fraction of sp³-hybridized carbons (Fsp3) is 0.250. The molecule has 0 atom stereocenters. The van der Waals surface area contributed by atoms with Crippen molar-refractivity contribution in [2.24, 2.45) is 0 Å². The predicted octanol–water partition coefficient (Wildman–Crippen LogP) is 2.12. The number of nitrogens with zero attached hydrogens (tertiary/aromatic N) is 2. The Morgan fingerprint density at radius 3 is 2.75 bits per heavy atom. The molecule has 3 rings (SSSR count). The Morgan fingerprint density at radius 2 is 2.04 bits per heavy atom. The van der Waals surface area contributed by atoms with Crippen LogP contribution in [0.5, 0.6) is 0 Å². The number of carbonyl (C=O) groups excluding carboxylic acids is 2. The van der Waals surface area contributed by atoms with Gasteiger partial charge in [0.25, 0.3) is 0 Å². The van der Waals surface area contributed by atoms with Gasteiger partial charge in [-0.05, 0) is 24.3 Å². The minimum Gasteiger partial charge on any atom is -0.467 e. The van der Waals surface area contributed by atoms with Gasteiger partial charge in [0.05, 0.1) is 12.8 Å². The Morgan fingerprint density at radius 1 is 1.21 bits per heavy atom. The molecule has 1 aromatic heterocycles. The zero-order chi connectivity index (χ0) is 17.1. The molecule has 1 aromatic carbocycles. The highest BCUT2D eigenvalue weighted by Gasteiger charge is 2.31. The molecule has 1 aliphatic heterocycles. The van der Waals surface area contributed by atoms with Crippen molar-refractivity contribution in [2.45, 2.75) is 6.54 Å². The van der Waals surface area contributed by atoms with Crippen LogP contribution in [0.15, 0.2) is 41.0 Å². The molecule has 0 unspecified atom stereocenters. The minimum atomic E-state index is -1.02. The Balaban J connectivity index is 1.57. The topological polar surface area (TPSA) is 65.8 Å². The monoisotopic (exact) mass is 335 g/mol. The number of carbonyl (C=O) groups is 2. The maximum Gasteiger partial charge on any atom is 0.325 e. The van der Waals surface area contributed by atoms with E-state index in [2.05, 4.69) is 5.32 Å². The summed E-state index contributed by atoms with van der Waals surface area (Å²) in [5.74, 6) is -1.71. The molecule has 0 bridgehead atoms. The zero-order valence-electron chi connectivity index (χ0n) is 12.7. The van der Waals surface area contributed by atoms with Crippen molar-refractivity contribution in [3.05, 3.63) is 54.0 Å². The van der Waals surface area contributed by atoms with Gasteiger partial charge in [0, 0.05) is 24.8 Å². The number of halogens is 2. The van der Waals surface area contributed by atoms with Crippen LogP contribution in [0.2, 0.25) is 0 Å². The molecule has 0 saturated carbocycles. The van der Waals surface area contributed by atoms with Crippen molar-refractivity contribution in [1.82, 2.24) is 10.2 Å². The van der Waals surface area contributed by atoms with Crippen LogP contribution in [0, 0.1) is 11.6 Å². The molecule has 1 saturated heterocycles. The second kappa shape index (κ2) is 6.69. The average molecular weight is 335 g/mol. The van der Waals surface area contributed by atoms with Gasteiger partial charge in [0.2, 0.25) is 5.91 Å². The van der Waals surface area contributed by atoms with E-state index < -0.39 is 17.7 Å². The van der Waals surface area contributed by atoms with Crippen molar-refractivity contribution >= 4 is 17.6 Å². The van der Waals surface area contributed by atoms with Gasteiger partial charge in [0.15, 0.2) is 11.6 Å². The summed E-state index contributed by atoms with van der Waals surface area (Å²) in [6.07, 6.45) is 1.51. The summed E-state index contributed by atoms with van der Waals surface area (Å²) in [6.45, 7) is 0.752. The first kappa shape index (κ1) is 16.0. The number of urea groups is 1. The molecular formula is C16H15F2N3O3. The molecule has 3 amide bonds. The molecule has 0 spiro atoms. The van der Waals surface area contributed by atoms with Crippen LogP contribution in [-0.2, 0) is 11.3 Å². The van der Waals surface area contributed by atoms with E-state index in [1.54, 1.807) is 12.1 Å². The highest BCUT2D eigenvalue weighted by molar-refractivity contribution is 5.96. The normalized spacial score (nSPS) is 14.3. The summed E-state index contributed by atoms with van der Waals surface area (Å²) in [4.78, 5) is 26.9. The van der Waals surface area contributed by atoms with Crippen LogP contribution in [0.25, 0.3) is 0 Å². The Bertz CT molecular complexity index is 749. The highest BCUT2D eigenvalue weighted by Crippen LogP contribution is 2.22. The molecule has 24 heavy (non-hydrogen) atoms. The van der Waals surface area contributed by atoms with Crippen LogP contribution in [0.1, 0.15) is 5.76 Å². The number of nitrogens with one attached hydrogen (secondary N) is 1. The molecule has 8 heteroatoms. The molecule has 0 aliphatic carbocycles. The van der Waals surface area contributed by atoms with Gasteiger partial charge in [-0.3, -0.25) is 9.69 Å². The van der Waals surface area contributed by atoms with E-state index in [1.165, 1.54) is 22.1 Å². The number of benzene rings is 1. The summed E-state index contributed by atoms with van der Waals surface area (Å²) in [5, 5.41) is 2.65. The van der Waals surface area contributed by atoms with Crippen molar-refractivity contribution in [3.63, 3.8) is 0 Å². The predicted molar refractivity (Wildman–Crippen MR) is 81.2 cm³/mol. The summed E-state index contributed by atoms with van der Waals surface area (Å²) < 4.78 is 31.4. The van der Waals surface area contributed by atoms with Gasteiger partial charge < -0.3 is 14.6 Å². The summed E-state index contributed by atoms with van der Waals surface area (Å²) in [6, 6.07) is 6.28. The summed E-state index contributed by atoms with van der Waals surface area (Å²) in [5.41, 5.74) is 0.261. The third-order valence-corrected chi connectivity index (χ3v) is 3.68. The molecule has 2 heterocycles. The van der Waals surface area contributed by atoms with Crippen molar-refractivity contribution < 1.29 is 22.8 Å². The maximum absolute atomic E-state index is 13.3. The SMILES string of the molecule is O=C(CN1CCN(c2ccc(F)c(F)c2)C1=O)NCc1ccco1. The van der Waals surface area contributed by atoms with Gasteiger partial charge in [-0.15, -0.1) is 0 Å². The molecule has 6 nitrogen and oxygen atoms in total. The number of anilines is 1. The van der Waals surface area contributed by atoms with Crippen molar-refractivity contribution in [1.29, 1.82) is 0 Å². The van der Waals surface area contributed by atoms with Gasteiger partial charge in [-0.2, -0.15) is 0 Å². The summed E-state index contributed by atoms with van der Waals surface area (Å²) in [7, 11) is 0. The average Bonchev–Trinajstić information content (AvgIpc) is 3.19. The van der Waals surface area contributed by atoms with Crippen LogP contribution < -0.4 is 10.2 Å². The first-order valence-electron chi connectivity index (χ1n) is 7.35. The molecule has 1 aliphatic rings. The van der Waals surface area contributed by atoms with E-state index in [0.29, 0.717) is 18.8 Å². The quantitative estimate of drug-likeness (QED) is 0.910. The Hall–Kier alpha value is -2.90. The molecule has 0 radical (unpaired) electrons. The van der Waals surface area contributed by atoms with E-state index in [0.717, 1.165) is 12.1 Å². The first-order chi connectivity index (χ1) is 11.5. The second-order valence-electron chi connectivity index (χ2n) is 5.31. The Kier molecular flexibility index (Phi) is 4.45. The van der Waals surface area contributed by atoms with Crippen molar-refractivity contribution in [3.8, 4) is 0 Å². The van der Waals surface area contributed by atoms with Crippen LogP contribution >= 0.6 is 0 Å². The molecule has 126 valence electrons. The minimum absolute atomic E-state index is 0.111. The second-order valence-corrected chi connectivity index (χ2v) is 5.31. The maximum atomic E-state index is 13.3. The molecule has 1 N–H and O–H groups in total. The molecule has 2 aromatic rings. The third-order valence-electron chi connectivity index (χ3n) is 3.68. The first-order valence-corrected chi connectivity index (χ1v) is 7.35. The standard InChI is InChI=1S/C16H15F2N3O3/c17-13-4-3-11(8-14(13)18)21-6-5-20(16(21)23)10-15(22)19-9-12-2-1-7-24-12/h1-4,7-8H,5-6,9-10H2,(H,19,22). The van der Waals surface area contributed by atoms with Crippen LogP contribution in [-0.4, -0.2) is 36.5 Å². The lowest BCUT2D eigenvalue weighted by Crippen LogP contribution is -2.39. The Labute approximate surface area is 136 Å². The third kappa shape index (κ3) is 3.37. The van der Waals surface area contributed by atoms with E-state index in [9.17, 15) is 18.4 Å². The van der Waals surface area contributed by atoms with Crippen LogP contribution in [0.3, 0.4) is 0 Å². The van der Waals surface area contributed by atoms with E-state index in [1.807, 2.05) is 0 Å². The van der Waals surface area contributed by atoms with Crippen molar-refractivity contribution in [2.75, 3.05) is 24.5 Å². The fourth-order valence-electron chi connectivity index (χ4n) is 2.45. The lowest BCUT2D eigenvalue weighted by atomic mass is 10.3. The number of furan rings is 1. The molecular weight excluding hydrogens is 320 g/mol. The number of amides is 3. The summed E-state index contributed by atoms with van der Waals surface area (Å²) >= 11 is 0. The lowest BCUT2D eigenvalue weighted by molar-refractivity contribution is -0.121.